The largest absolute Gasteiger partial charge is 0.228 e. The fraction of sp³-hybridized carbons (Fsp3) is 0. The summed E-state index contributed by atoms with van der Waals surface area (Å²) in [7, 11) is 0. The number of hydrogen-bond acceptors (Lipinski definition) is 2. The predicted octanol–water partition coefficient (Wildman–Crippen LogP) is 7.92. The summed E-state index contributed by atoms with van der Waals surface area (Å²) in [5.74, 6) is 0.630. The van der Waals surface area contributed by atoms with Crippen LogP contribution in [0.25, 0.3) is 55.0 Å². The zero-order valence-electron chi connectivity index (χ0n) is 16.6. The molecule has 6 aromatic rings. The molecule has 0 aliphatic rings. The lowest BCUT2D eigenvalue weighted by Crippen LogP contribution is -1.95. The van der Waals surface area contributed by atoms with Crippen molar-refractivity contribution in [1.29, 1.82) is 0 Å². The molecule has 0 saturated heterocycles. The molecule has 31 heavy (non-hydrogen) atoms. The summed E-state index contributed by atoms with van der Waals surface area (Å²) in [5, 5.41) is 7.59. The van der Waals surface area contributed by atoms with E-state index in [-0.39, 0.29) is 0 Å². The van der Waals surface area contributed by atoms with Crippen molar-refractivity contribution in [3.8, 4) is 22.6 Å². The zero-order chi connectivity index (χ0) is 20.8. The minimum absolute atomic E-state index is 0.436. The van der Waals surface area contributed by atoms with Crippen LogP contribution in [-0.2, 0) is 0 Å². The van der Waals surface area contributed by atoms with E-state index in [0.717, 1.165) is 27.6 Å². The molecule has 3 heteroatoms. The van der Waals surface area contributed by atoms with Gasteiger partial charge >= 0.3 is 0 Å². The van der Waals surface area contributed by atoms with E-state index >= 15 is 0 Å². The van der Waals surface area contributed by atoms with Crippen LogP contribution in [0.5, 0.6) is 0 Å². The van der Waals surface area contributed by atoms with E-state index < -0.39 is 0 Å². The zero-order valence-corrected chi connectivity index (χ0v) is 17.3. The third kappa shape index (κ3) is 3.04. The number of rotatable bonds is 2. The highest BCUT2D eigenvalue weighted by Crippen LogP contribution is 2.39. The van der Waals surface area contributed by atoms with Crippen molar-refractivity contribution >= 4 is 43.9 Å². The average molecular weight is 417 g/mol. The van der Waals surface area contributed by atoms with Gasteiger partial charge in [-0.05, 0) is 38.4 Å². The average Bonchev–Trinajstić information content (AvgIpc) is 2.82. The third-order valence-corrected chi connectivity index (χ3v) is 5.95. The van der Waals surface area contributed by atoms with Gasteiger partial charge in [-0.3, -0.25) is 0 Å². The molecule has 0 radical (unpaired) electrons. The van der Waals surface area contributed by atoms with Gasteiger partial charge in [-0.1, -0.05) is 103 Å². The van der Waals surface area contributed by atoms with Crippen molar-refractivity contribution in [2.75, 3.05) is 0 Å². The molecule has 0 spiro atoms. The molecule has 1 aromatic heterocycles. The Balaban J connectivity index is 1.74. The van der Waals surface area contributed by atoms with E-state index in [2.05, 4.69) is 71.7 Å². The summed E-state index contributed by atoms with van der Waals surface area (Å²) < 4.78 is 0. The number of fused-ring (bicyclic) bond motifs is 4. The second-order valence-electron chi connectivity index (χ2n) is 7.62. The predicted molar refractivity (Wildman–Crippen MR) is 130 cm³/mol. The van der Waals surface area contributed by atoms with Crippen LogP contribution in [-0.4, -0.2) is 9.97 Å². The number of hydrogen-bond donors (Lipinski definition) is 0. The third-order valence-electron chi connectivity index (χ3n) is 5.75. The molecule has 6 rings (SSSR count). The number of aromatic nitrogens is 2. The molecule has 5 aromatic carbocycles. The molecular formula is C28H17ClN2. The van der Waals surface area contributed by atoms with Gasteiger partial charge in [0.25, 0.3) is 0 Å². The first kappa shape index (κ1) is 18.1. The lowest BCUT2D eigenvalue weighted by atomic mass is 9.92. The second kappa shape index (κ2) is 7.19. The summed E-state index contributed by atoms with van der Waals surface area (Å²) in [4.78, 5) is 9.45. The van der Waals surface area contributed by atoms with E-state index in [4.69, 9.17) is 16.6 Å². The minimum atomic E-state index is 0.436. The molecule has 1 heterocycles. The highest BCUT2D eigenvalue weighted by molar-refractivity contribution is 6.30. The maximum absolute atomic E-state index is 6.50. The van der Waals surface area contributed by atoms with Crippen LogP contribution in [0.15, 0.2) is 103 Å². The Labute approximate surface area is 184 Å². The maximum atomic E-state index is 6.50. The summed E-state index contributed by atoms with van der Waals surface area (Å²) in [6.07, 6.45) is 0. The number of halogens is 1. The van der Waals surface area contributed by atoms with E-state index in [1.54, 1.807) is 0 Å². The molecule has 0 aliphatic carbocycles. The van der Waals surface area contributed by atoms with Gasteiger partial charge in [0.1, 0.15) is 5.15 Å². The molecule has 0 N–H and O–H groups in total. The minimum Gasteiger partial charge on any atom is -0.228 e. The van der Waals surface area contributed by atoms with Gasteiger partial charge in [-0.2, -0.15) is 0 Å². The van der Waals surface area contributed by atoms with Gasteiger partial charge in [0.15, 0.2) is 5.82 Å². The molecule has 0 aliphatic heterocycles. The lowest BCUT2D eigenvalue weighted by Gasteiger charge is -2.14. The monoisotopic (exact) mass is 416 g/mol. The van der Waals surface area contributed by atoms with Crippen LogP contribution in [0.1, 0.15) is 0 Å². The van der Waals surface area contributed by atoms with Gasteiger partial charge in [-0.25, -0.2) is 9.97 Å². The Bertz CT molecular complexity index is 1590. The van der Waals surface area contributed by atoms with E-state index in [1.807, 2.05) is 36.4 Å². The van der Waals surface area contributed by atoms with E-state index in [9.17, 15) is 0 Å². The molecule has 0 fully saturated rings. The smallest absolute Gasteiger partial charge is 0.161 e. The van der Waals surface area contributed by atoms with Crippen LogP contribution in [0, 0.1) is 0 Å². The Hall–Kier alpha value is -3.75. The summed E-state index contributed by atoms with van der Waals surface area (Å²) in [6, 6.07) is 35.4. The molecule has 2 nitrogen and oxygen atoms in total. The van der Waals surface area contributed by atoms with Crippen LogP contribution in [0.4, 0.5) is 0 Å². The number of benzene rings is 5. The second-order valence-corrected chi connectivity index (χ2v) is 8.01. The van der Waals surface area contributed by atoms with Crippen molar-refractivity contribution in [1.82, 2.24) is 9.97 Å². The quantitative estimate of drug-likeness (QED) is 0.163. The normalized spacial score (nSPS) is 11.4. The summed E-state index contributed by atoms with van der Waals surface area (Å²) in [6.45, 7) is 0. The SMILES string of the molecule is Clc1cc(-c2c3ccccc3cc3c2ccc2ccccc23)nc(-c2ccccc2)n1. The van der Waals surface area contributed by atoms with Crippen LogP contribution < -0.4 is 0 Å². The van der Waals surface area contributed by atoms with Gasteiger partial charge in [-0.15, -0.1) is 0 Å². The van der Waals surface area contributed by atoms with Gasteiger partial charge in [0, 0.05) is 17.2 Å². The van der Waals surface area contributed by atoms with Crippen LogP contribution in [0.3, 0.4) is 0 Å². The topological polar surface area (TPSA) is 25.8 Å². The Morgan fingerprint density at radius 3 is 2.06 bits per heavy atom. The van der Waals surface area contributed by atoms with Crippen molar-refractivity contribution in [2.24, 2.45) is 0 Å². The molecule has 0 saturated carbocycles. The van der Waals surface area contributed by atoms with E-state index in [0.29, 0.717) is 11.0 Å². The molecule has 0 atom stereocenters. The standard InChI is InChI=1S/C28H17ClN2/c29-26-17-25(30-28(31-26)19-9-2-1-3-10-19)27-22-13-7-5-11-20(22)16-24-21-12-6-4-8-18(21)14-15-23(24)27/h1-17H. The van der Waals surface area contributed by atoms with Crippen molar-refractivity contribution in [3.05, 3.63) is 108 Å². The summed E-state index contributed by atoms with van der Waals surface area (Å²) >= 11 is 6.50. The highest BCUT2D eigenvalue weighted by atomic mass is 35.5. The maximum Gasteiger partial charge on any atom is 0.161 e. The van der Waals surface area contributed by atoms with Crippen LogP contribution >= 0.6 is 11.6 Å². The van der Waals surface area contributed by atoms with Crippen molar-refractivity contribution < 1.29 is 0 Å². The molecule has 0 unspecified atom stereocenters. The van der Waals surface area contributed by atoms with Gasteiger partial charge in [0.05, 0.1) is 5.69 Å². The first-order chi connectivity index (χ1) is 15.3. The number of nitrogens with zero attached hydrogens (tertiary/aromatic N) is 2. The lowest BCUT2D eigenvalue weighted by molar-refractivity contribution is 1.18. The van der Waals surface area contributed by atoms with Crippen molar-refractivity contribution in [3.63, 3.8) is 0 Å². The van der Waals surface area contributed by atoms with Crippen molar-refractivity contribution in [2.45, 2.75) is 0 Å². The fourth-order valence-corrected chi connectivity index (χ4v) is 4.54. The van der Waals surface area contributed by atoms with Crippen LogP contribution in [0.2, 0.25) is 5.15 Å². The molecule has 0 bridgehead atoms. The Kier molecular flexibility index (Phi) is 4.19. The fourth-order valence-electron chi connectivity index (χ4n) is 4.36. The van der Waals surface area contributed by atoms with E-state index in [1.165, 1.54) is 21.5 Å². The first-order valence-electron chi connectivity index (χ1n) is 10.2. The Morgan fingerprint density at radius 2 is 1.23 bits per heavy atom. The van der Waals surface area contributed by atoms with Gasteiger partial charge in [0.2, 0.25) is 0 Å². The molecule has 0 amide bonds. The van der Waals surface area contributed by atoms with Gasteiger partial charge < -0.3 is 0 Å². The molecular weight excluding hydrogens is 400 g/mol. The highest BCUT2D eigenvalue weighted by Gasteiger charge is 2.15. The summed E-state index contributed by atoms with van der Waals surface area (Å²) in [5.41, 5.74) is 2.86. The Morgan fingerprint density at radius 1 is 0.516 bits per heavy atom. The first-order valence-corrected chi connectivity index (χ1v) is 10.6. The molecule has 146 valence electrons.